The SMILES string of the molecule is CCS(=O)c1ccccc1C(=O)NC(C)CC(=O)O. The van der Waals surface area contributed by atoms with Gasteiger partial charge in [-0.15, -0.1) is 0 Å². The van der Waals surface area contributed by atoms with Gasteiger partial charge in [-0.3, -0.25) is 13.8 Å². The molecule has 104 valence electrons. The Morgan fingerprint density at radius 3 is 2.58 bits per heavy atom. The van der Waals surface area contributed by atoms with Gasteiger partial charge in [-0.05, 0) is 19.1 Å². The molecule has 0 spiro atoms. The Morgan fingerprint density at radius 2 is 2.00 bits per heavy atom. The van der Waals surface area contributed by atoms with Crippen LogP contribution in [-0.4, -0.2) is 33.0 Å². The van der Waals surface area contributed by atoms with E-state index in [1.165, 1.54) is 0 Å². The van der Waals surface area contributed by atoms with E-state index in [1.807, 2.05) is 0 Å². The van der Waals surface area contributed by atoms with E-state index in [4.69, 9.17) is 5.11 Å². The molecule has 1 aromatic carbocycles. The van der Waals surface area contributed by atoms with Crippen LogP contribution in [0.5, 0.6) is 0 Å². The standard InChI is InChI=1S/C13H17NO4S/c1-3-19(18)11-7-5-4-6-10(11)13(17)14-9(2)8-12(15)16/h4-7,9H,3,8H2,1-2H3,(H,14,17)(H,15,16). The first-order valence-electron chi connectivity index (χ1n) is 5.95. The number of carbonyl (C=O) groups excluding carboxylic acids is 1. The number of nitrogens with one attached hydrogen (secondary N) is 1. The van der Waals surface area contributed by atoms with E-state index >= 15 is 0 Å². The van der Waals surface area contributed by atoms with Crippen LogP contribution in [0.1, 0.15) is 30.6 Å². The van der Waals surface area contributed by atoms with Crippen molar-refractivity contribution in [3.8, 4) is 0 Å². The number of carboxylic acids is 1. The number of carbonyl (C=O) groups is 2. The van der Waals surface area contributed by atoms with E-state index in [1.54, 1.807) is 38.1 Å². The summed E-state index contributed by atoms with van der Waals surface area (Å²) in [5.41, 5.74) is 0.333. The van der Waals surface area contributed by atoms with Crippen molar-refractivity contribution in [2.45, 2.75) is 31.2 Å². The molecule has 2 N–H and O–H groups in total. The van der Waals surface area contributed by atoms with E-state index in [2.05, 4.69) is 5.32 Å². The van der Waals surface area contributed by atoms with Crippen LogP contribution in [0.4, 0.5) is 0 Å². The molecule has 0 aromatic heterocycles. The maximum atomic E-state index is 12.0. The molecule has 6 heteroatoms. The topological polar surface area (TPSA) is 83.5 Å². The smallest absolute Gasteiger partial charge is 0.305 e. The molecule has 0 saturated heterocycles. The van der Waals surface area contributed by atoms with Gasteiger partial charge in [0, 0.05) is 11.8 Å². The third kappa shape index (κ3) is 4.48. The molecule has 0 radical (unpaired) electrons. The molecule has 0 aliphatic carbocycles. The molecule has 0 fully saturated rings. The summed E-state index contributed by atoms with van der Waals surface area (Å²) in [7, 11) is -1.23. The van der Waals surface area contributed by atoms with Crippen LogP contribution < -0.4 is 5.32 Å². The molecule has 19 heavy (non-hydrogen) atoms. The summed E-state index contributed by atoms with van der Waals surface area (Å²) in [5.74, 6) is -0.945. The lowest BCUT2D eigenvalue weighted by Gasteiger charge is -2.13. The summed E-state index contributed by atoms with van der Waals surface area (Å²) in [6, 6.07) is 6.17. The summed E-state index contributed by atoms with van der Waals surface area (Å²) in [6.45, 7) is 3.39. The number of aliphatic carboxylic acids is 1. The molecule has 2 atom stereocenters. The number of rotatable bonds is 6. The average molecular weight is 283 g/mol. The Balaban J connectivity index is 2.88. The Hall–Kier alpha value is -1.69. The molecule has 0 aliphatic rings. The zero-order valence-electron chi connectivity index (χ0n) is 10.9. The fourth-order valence-corrected chi connectivity index (χ4v) is 2.57. The number of benzene rings is 1. The van der Waals surface area contributed by atoms with Gasteiger partial charge < -0.3 is 10.4 Å². The second kappa shape index (κ2) is 7.04. The molecule has 0 saturated carbocycles. The monoisotopic (exact) mass is 283 g/mol. The van der Waals surface area contributed by atoms with Crippen LogP contribution in [0.3, 0.4) is 0 Å². The van der Waals surface area contributed by atoms with Crippen molar-refractivity contribution in [3.63, 3.8) is 0 Å². The fourth-order valence-electron chi connectivity index (χ4n) is 1.62. The summed E-state index contributed by atoms with van der Waals surface area (Å²) in [6.07, 6.45) is -0.148. The molecular formula is C13H17NO4S. The van der Waals surface area contributed by atoms with Gasteiger partial charge >= 0.3 is 5.97 Å². The Kier molecular flexibility index (Phi) is 5.69. The van der Waals surface area contributed by atoms with Crippen LogP contribution in [0.25, 0.3) is 0 Å². The van der Waals surface area contributed by atoms with Crippen molar-refractivity contribution in [1.82, 2.24) is 5.32 Å². The molecular weight excluding hydrogens is 266 g/mol. The first kappa shape index (κ1) is 15.4. The van der Waals surface area contributed by atoms with Gasteiger partial charge in [-0.2, -0.15) is 0 Å². The van der Waals surface area contributed by atoms with Crippen LogP contribution in [0.15, 0.2) is 29.2 Å². The van der Waals surface area contributed by atoms with Crippen LogP contribution in [0.2, 0.25) is 0 Å². The first-order valence-corrected chi connectivity index (χ1v) is 7.27. The quantitative estimate of drug-likeness (QED) is 0.826. The minimum absolute atomic E-state index is 0.148. The van der Waals surface area contributed by atoms with Gasteiger partial charge in [0.15, 0.2) is 0 Å². The highest BCUT2D eigenvalue weighted by molar-refractivity contribution is 7.85. The highest BCUT2D eigenvalue weighted by Gasteiger charge is 2.17. The highest BCUT2D eigenvalue weighted by atomic mass is 32.2. The van der Waals surface area contributed by atoms with Crippen molar-refractivity contribution in [2.75, 3.05) is 5.75 Å². The van der Waals surface area contributed by atoms with Crippen LogP contribution >= 0.6 is 0 Å². The molecule has 2 unspecified atom stereocenters. The van der Waals surface area contributed by atoms with Gasteiger partial charge in [-0.1, -0.05) is 19.1 Å². The zero-order chi connectivity index (χ0) is 14.4. The normalized spacial score (nSPS) is 13.6. The summed E-state index contributed by atoms with van der Waals surface area (Å²) in [4.78, 5) is 23.1. The molecule has 0 heterocycles. The third-order valence-electron chi connectivity index (χ3n) is 2.50. The van der Waals surface area contributed by atoms with E-state index in [-0.39, 0.29) is 6.42 Å². The fraction of sp³-hybridized carbons (Fsp3) is 0.385. The predicted molar refractivity (Wildman–Crippen MR) is 72.6 cm³/mol. The van der Waals surface area contributed by atoms with Crippen molar-refractivity contribution < 1.29 is 18.9 Å². The maximum absolute atomic E-state index is 12.0. The first-order chi connectivity index (χ1) is 8.95. The molecule has 1 rings (SSSR count). The second-order valence-electron chi connectivity index (χ2n) is 4.10. The summed E-state index contributed by atoms with van der Waals surface area (Å²) in [5, 5.41) is 11.2. The number of hydrogen-bond donors (Lipinski definition) is 2. The lowest BCUT2D eigenvalue weighted by atomic mass is 10.2. The van der Waals surface area contributed by atoms with Crippen molar-refractivity contribution in [1.29, 1.82) is 0 Å². The Labute approximate surface area is 114 Å². The Bertz CT molecular complexity index is 501. The lowest BCUT2D eigenvalue weighted by molar-refractivity contribution is -0.137. The molecule has 0 bridgehead atoms. The van der Waals surface area contributed by atoms with Gasteiger partial charge in [0.2, 0.25) is 0 Å². The van der Waals surface area contributed by atoms with Crippen molar-refractivity contribution in [2.24, 2.45) is 0 Å². The number of amides is 1. The molecule has 0 aliphatic heterocycles. The van der Waals surface area contributed by atoms with Gasteiger partial charge in [0.05, 0.1) is 27.7 Å². The Morgan fingerprint density at radius 1 is 1.37 bits per heavy atom. The van der Waals surface area contributed by atoms with E-state index in [0.29, 0.717) is 16.2 Å². The van der Waals surface area contributed by atoms with Crippen molar-refractivity contribution in [3.05, 3.63) is 29.8 Å². The zero-order valence-corrected chi connectivity index (χ0v) is 11.7. The van der Waals surface area contributed by atoms with E-state index < -0.39 is 28.7 Å². The summed E-state index contributed by atoms with van der Waals surface area (Å²) >= 11 is 0. The highest BCUT2D eigenvalue weighted by Crippen LogP contribution is 2.14. The predicted octanol–water partition coefficient (Wildman–Crippen LogP) is 1.41. The van der Waals surface area contributed by atoms with Crippen LogP contribution in [-0.2, 0) is 15.6 Å². The molecule has 1 amide bonds. The average Bonchev–Trinajstić information content (AvgIpc) is 2.36. The largest absolute Gasteiger partial charge is 0.481 e. The number of hydrogen-bond acceptors (Lipinski definition) is 3. The second-order valence-corrected chi connectivity index (χ2v) is 5.81. The minimum Gasteiger partial charge on any atom is -0.481 e. The van der Waals surface area contributed by atoms with E-state index in [0.717, 1.165) is 0 Å². The minimum atomic E-state index is -1.23. The van der Waals surface area contributed by atoms with Gasteiger partial charge in [0.1, 0.15) is 0 Å². The van der Waals surface area contributed by atoms with Crippen molar-refractivity contribution >= 4 is 22.7 Å². The number of carboxylic acid groups (broad SMARTS) is 1. The van der Waals surface area contributed by atoms with Gasteiger partial charge in [0.25, 0.3) is 5.91 Å². The lowest BCUT2D eigenvalue weighted by Crippen LogP contribution is -2.34. The van der Waals surface area contributed by atoms with Crippen LogP contribution in [0, 0.1) is 0 Å². The maximum Gasteiger partial charge on any atom is 0.305 e. The third-order valence-corrected chi connectivity index (χ3v) is 3.87. The molecule has 5 nitrogen and oxygen atoms in total. The van der Waals surface area contributed by atoms with E-state index in [9.17, 15) is 13.8 Å². The molecule has 1 aromatic rings. The van der Waals surface area contributed by atoms with Gasteiger partial charge in [-0.25, -0.2) is 0 Å². The summed E-state index contributed by atoms with van der Waals surface area (Å²) < 4.78 is 11.8.